The van der Waals surface area contributed by atoms with Gasteiger partial charge in [-0.1, -0.05) is 30.0 Å². The van der Waals surface area contributed by atoms with E-state index in [2.05, 4.69) is 49.4 Å². The largest absolute Gasteiger partial charge is 0.497 e. The number of hydrogen-bond donors (Lipinski definition) is 1. The fourth-order valence-corrected chi connectivity index (χ4v) is 4.25. The van der Waals surface area contributed by atoms with E-state index >= 15 is 0 Å². The Hall–Kier alpha value is -3.46. The van der Waals surface area contributed by atoms with Crippen molar-refractivity contribution < 1.29 is 14.3 Å². The Labute approximate surface area is 197 Å². The summed E-state index contributed by atoms with van der Waals surface area (Å²) in [6, 6.07) is 17.6. The second-order valence-electron chi connectivity index (χ2n) is 7.41. The molecule has 1 aliphatic rings. The molecule has 2 aromatic carbocycles. The van der Waals surface area contributed by atoms with Crippen LogP contribution in [-0.4, -0.2) is 62.0 Å². The Morgan fingerprint density at radius 3 is 2.48 bits per heavy atom. The van der Waals surface area contributed by atoms with Crippen molar-refractivity contribution in [2.24, 2.45) is 0 Å². The number of nitrogens with zero attached hydrogens (tertiary/aromatic N) is 4. The van der Waals surface area contributed by atoms with Crippen molar-refractivity contribution in [2.75, 3.05) is 61.3 Å². The summed E-state index contributed by atoms with van der Waals surface area (Å²) in [6.45, 7) is 3.63. The molecule has 1 N–H and O–H groups in total. The molecule has 3 aromatic rings. The molecule has 0 radical (unpaired) electrons. The molecule has 4 rings (SSSR count). The van der Waals surface area contributed by atoms with Gasteiger partial charge in [-0.15, -0.1) is 0 Å². The molecule has 172 valence electrons. The first kappa shape index (κ1) is 22.7. The highest BCUT2D eigenvalue weighted by Crippen LogP contribution is 2.29. The molecule has 0 saturated carbocycles. The van der Waals surface area contributed by atoms with Gasteiger partial charge in [0.2, 0.25) is 5.91 Å². The third kappa shape index (κ3) is 5.87. The lowest BCUT2D eigenvalue weighted by Gasteiger charge is -2.36. The maximum absolute atomic E-state index is 12.5. The number of anilines is 3. The van der Waals surface area contributed by atoms with E-state index in [-0.39, 0.29) is 11.7 Å². The number of nitrogens with one attached hydrogen (secondary N) is 1. The molecule has 1 saturated heterocycles. The molecular weight excluding hydrogens is 438 g/mol. The van der Waals surface area contributed by atoms with E-state index < -0.39 is 0 Å². The number of amides is 1. The van der Waals surface area contributed by atoms with Crippen LogP contribution in [0.25, 0.3) is 0 Å². The Kier molecular flexibility index (Phi) is 7.51. The van der Waals surface area contributed by atoms with E-state index in [9.17, 15) is 4.79 Å². The zero-order chi connectivity index (χ0) is 23.0. The van der Waals surface area contributed by atoms with Crippen molar-refractivity contribution in [1.29, 1.82) is 0 Å². The first-order chi connectivity index (χ1) is 16.2. The van der Waals surface area contributed by atoms with Gasteiger partial charge >= 0.3 is 0 Å². The average Bonchev–Trinajstić information content (AvgIpc) is 2.88. The van der Waals surface area contributed by atoms with Crippen molar-refractivity contribution in [3.63, 3.8) is 0 Å². The molecule has 0 unspecified atom stereocenters. The first-order valence-electron chi connectivity index (χ1n) is 10.7. The topological polar surface area (TPSA) is 79.8 Å². The highest BCUT2D eigenvalue weighted by atomic mass is 32.2. The van der Waals surface area contributed by atoms with Gasteiger partial charge in [0.25, 0.3) is 0 Å². The van der Waals surface area contributed by atoms with Crippen LogP contribution in [0.3, 0.4) is 0 Å². The number of para-hydroxylation sites is 1. The summed E-state index contributed by atoms with van der Waals surface area (Å²) in [5.41, 5.74) is 1.84. The van der Waals surface area contributed by atoms with Gasteiger partial charge in [0.15, 0.2) is 5.16 Å². The Balaban J connectivity index is 1.31. The molecule has 8 nitrogen and oxygen atoms in total. The number of hydrogen-bond acceptors (Lipinski definition) is 8. The number of thioether (sulfide) groups is 1. The van der Waals surface area contributed by atoms with E-state index in [1.165, 1.54) is 17.4 Å². The molecule has 1 fully saturated rings. The summed E-state index contributed by atoms with van der Waals surface area (Å²) < 4.78 is 10.5. The molecule has 1 aliphatic heterocycles. The van der Waals surface area contributed by atoms with Crippen molar-refractivity contribution in [2.45, 2.75) is 5.16 Å². The highest BCUT2D eigenvalue weighted by Gasteiger charge is 2.19. The van der Waals surface area contributed by atoms with E-state index in [1.54, 1.807) is 38.6 Å². The molecule has 0 spiro atoms. The minimum atomic E-state index is -0.158. The van der Waals surface area contributed by atoms with Crippen LogP contribution >= 0.6 is 11.8 Å². The van der Waals surface area contributed by atoms with Crippen molar-refractivity contribution >= 4 is 34.9 Å². The third-order valence-electron chi connectivity index (χ3n) is 5.36. The van der Waals surface area contributed by atoms with Crippen LogP contribution in [0, 0.1) is 0 Å². The minimum absolute atomic E-state index is 0.158. The van der Waals surface area contributed by atoms with Crippen LogP contribution in [-0.2, 0) is 4.79 Å². The van der Waals surface area contributed by atoms with Gasteiger partial charge in [-0.2, -0.15) is 0 Å². The molecule has 2 heterocycles. The molecule has 1 aromatic heterocycles. The van der Waals surface area contributed by atoms with Crippen LogP contribution < -0.4 is 24.6 Å². The van der Waals surface area contributed by atoms with Crippen molar-refractivity contribution in [3.8, 4) is 11.5 Å². The smallest absolute Gasteiger partial charge is 0.234 e. The zero-order valence-corrected chi connectivity index (χ0v) is 19.5. The van der Waals surface area contributed by atoms with Gasteiger partial charge < -0.3 is 24.6 Å². The summed E-state index contributed by atoms with van der Waals surface area (Å²) in [5, 5.41) is 3.45. The average molecular weight is 466 g/mol. The zero-order valence-electron chi connectivity index (χ0n) is 18.7. The van der Waals surface area contributed by atoms with Crippen LogP contribution in [0.5, 0.6) is 11.5 Å². The van der Waals surface area contributed by atoms with Gasteiger partial charge in [-0.3, -0.25) is 4.79 Å². The number of carbonyl (C=O) groups is 1. The summed E-state index contributed by atoms with van der Waals surface area (Å²) >= 11 is 1.31. The number of benzene rings is 2. The lowest BCUT2D eigenvalue weighted by atomic mass is 10.2. The van der Waals surface area contributed by atoms with Gasteiger partial charge in [-0.05, 0) is 30.3 Å². The van der Waals surface area contributed by atoms with E-state index in [0.29, 0.717) is 22.3 Å². The van der Waals surface area contributed by atoms with Crippen LogP contribution in [0.2, 0.25) is 0 Å². The highest BCUT2D eigenvalue weighted by molar-refractivity contribution is 7.99. The molecule has 1 amide bonds. The number of ether oxygens (including phenoxy) is 2. The Morgan fingerprint density at radius 1 is 1.00 bits per heavy atom. The fourth-order valence-electron chi connectivity index (χ4n) is 3.63. The number of aromatic nitrogens is 2. The van der Waals surface area contributed by atoms with E-state index in [0.717, 1.165) is 32.0 Å². The Bertz CT molecular complexity index is 1070. The van der Waals surface area contributed by atoms with Gasteiger partial charge in [0.1, 0.15) is 17.3 Å². The van der Waals surface area contributed by atoms with Gasteiger partial charge in [0.05, 0.1) is 25.7 Å². The summed E-state index contributed by atoms with van der Waals surface area (Å²) in [6.07, 6.45) is 1.75. The predicted octanol–water partition coefficient (Wildman–Crippen LogP) is 3.55. The maximum atomic E-state index is 12.5. The molecule has 0 atom stereocenters. The summed E-state index contributed by atoms with van der Waals surface area (Å²) in [7, 11) is 3.14. The standard InChI is InChI=1S/C24H27N5O3S/c1-31-19-8-9-20(21(16-19)32-2)26-23(30)17-33-24-25-11-10-22(27-24)29-14-12-28(13-15-29)18-6-4-3-5-7-18/h3-11,16H,12-15,17H2,1-2H3,(H,26,30). The van der Waals surface area contributed by atoms with Gasteiger partial charge in [-0.25, -0.2) is 9.97 Å². The first-order valence-corrected chi connectivity index (χ1v) is 11.7. The van der Waals surface area contributed by atoms with Crippen molar-refractivity contribution in [3.05, 3.63) is 60.8 Å². The monoisotopic (exact) mass is 465 g/mol. The van der Waals surface area contributed by atoms with Crippen LogP contribution in [0.15, 0.2) is 66.0 Å². The quantitative estimate of drug-likeness (QED) is 0.400. The molecule has 0 aliphatic carbocycles. The third-order valence-corrected chi connectivity index (χ3v) is 6.22. The normalized spacial score (nSPS) is 13.5. The predicted molar refractivity (Wildman–Crippen MR) is 132 cm³/mol. The molecular formula is C24H27N5O3S. The molecule has 33 heavy (non-hydrogen) atoms. The SMILES string of the molecule is COc1ccc(NC(=O)CSc2nccc(N3CCN(c4ccccc4)CC3)n2)c(OC)c1. The maximum Gasteiger partial charge on any atom is 0.234 e. The lowest BCUT2D eigenvalue weighted by molar-refractivity contribution is -0.113. The second kappa shape index (κ2) is 10.9. The lowest BCUT2D eigenvalue weighted by Crippen LogP contribution is -2.46. The van der Waals surface area contributed by atoms with E-state index in [4.69, 9.17) is 9.47 Å². The van der Waals surface area contributed by atoms with Gasteiger partial charge in [0, 0.05) is 44.1 Å². The minimum Gasteiger partial charge on any atom is -0.497 e. The number of piperazine rings is 1. The Morgan fingerprint density at radius 2 is 1.76 bits per heavy atom. The van der Waals surface area contributed by atoms with E-state index in [1.807, 2.05) is 12.1 Å². The summed E-state index contributed by atoms with van der Waals surface area (Å²) in [5.74, 6) is 2.13. The molecule has 9 heteroatoms. The van der Waals surface area contributed by atoms with Crippen LogP contribution in [0.4, 0.5) is 17.2 Å². The molecule has 0 bridgehead atoms. The summed E-state index contributed by atoms with van der Waals surface area (Å²) in [4.78, 5) is 26.1. The second-order valence-corrected chi connectivity index (χ2v) is 8.35. The number of carbonyl (C=O) groups excluding carboxylic acids is 1. The number of rotatable bonds is 8. The van der Waals surface area contributed by atoms with Crippen molar-refractivity contribution in [1.82, 2.24) is 9.97 Å². The van der Waals surface area contributed by atoms with Crippen LogP contribution in [0.1, 0.15) is 0 Å². The fraction of sp³-hybridized carbons (Fsp3) is 0.292. The number of methoxy groups -OCH3 is 2.